The summed E-state index contributed by atoms with van der Waals surface area (Å²) in [5, 5.41) is 10.6. The number of nitrogens with one attached hydrogen (secondary N) is 1. The van der Waals surface area contributed by atoms with E-state index in [0.717, 1.165) is 6.42 Å². The van der Waals surface area contributed by atoms with E-state index >= 15 is 0 Å². The Kier molecular flexibility index (Phi) is 4.33. The number of hydrogen-bond donors (Lipinski definition) is 2. The molecule has 0 aromatic heterocycles. The molecule has 2 N–H and O–H groups in total. The van der Waals surface area contributed by atoms with Gasteiger partial charge in [0.15, 0.2) is 0 Å². The second-order valence-corrected chi connectivity index (χ2v) is 3.31. The van der Waals surface area contributed by atoms with Crippen molar-refractivity contribution < 1.29 is 14.7 Å². The molecule has 0 aromatic carbocycles. The van der Waals surface area contributed by atoms with Crippen LogP contribution in [0.1, 0.15) is 27.2 Å². The molecular formula is C8H15NO3. The van der Waals surface area contributed by atoms with Gasteiger partial charge in [-0.05, 0) is 19.3 Å². The maximum atomic E-state index is 10.6. The largest absolute Gasteiger partial charge is 0.474 e. The zero-order valence-electron chi connectivity index (χ0n) is 7.63. The predicted molar refractivity (Wildman–Crippen MR) is 44.7 cm³/mol. The predicted octanol–water partition coefficient (Wildman–Crippen LogP) is 0.622. The van der Waals surface area contributed by atoms with Crippen LogP contribution in [-0.4, -0.2) is 23.0 Å². The van der Waals surface area contributed by atoms with Gasteiger partial charge in [0.1, 0.15) is 0 Å². The highest BCUT2D eigenvalue weighted by molar-refractivity contribution is 6.31. The highest BCUT2D eigenvalue weighted by atomic mass is 16.4. The summed E-state index contributed by atoms with van der Waals surface area (Å²) in [6.45, 7) is 5.83. The van der Waals surface area contributed by atoms with Crippen molar-refractivity contribution in [2.75, 3.05) is 0 Å². The van der Waals surface area contributed by atoms with Crippen LogP contribution in [0.2, 0.25) is 0 Å². The molecule has 0 aromatic rings. The Bertz CT molecular complexity index is 177. The van der Waals surface area contributed by atoms with E-state index < -0.39 is 11.9 Å². The van der Waals surface area contributed by atoms with Gasteiger partial charge in [0, 0.05) is 6.04 Å². The molecule has 0 aliphatic carbocycles. The summed E-state index contributed by atoms with van der Waals surface area (Å²) in [7, 11) is 0. The lowest BCUT2D eigenvalue weighted by atomic mass is 10.1. The standard InChI is InChI=1S/C8H15NO3/c1-5(2)4-6(3)9-7(10)8(11)12/h5-6H,4H2,1-3H3,(H,9,10)(H,11,12). The Morgan fingerprint density at radius 2 is 1.83 bits per heavy atom. The van der Waals surface area contributed by atoms with Crippen molar-refractivity contribution in [1.29, 1.82) is 0 Å². The molecule has 0 saturated heterocycles. The van der Waals surface area contributed by atoms with Gasteiger partial charge >= 0.3 is 11.9 Å². The SMILES string of the molecule is CC(C)CC(C)NC(=O)C(=O)O. The molecule has 1 atom stereocenters. The zero-order chi connectivity index (χ0) is 9.72. The Balaban J connectivity index is 3.76. The van der Waals surface area contributed by atoms with Crippen molar-refractivity contribution in [3.8, 4) is 0 Å². The van der Waals surface area contributed by atoms with E-state index in [2.05, 4.69) is 5.32 Å². The molecular weight excluding hydrogens is 158 g/mol. The fourth-order valence-electron chi connectivity index (χ4n) is 1.05. The normalized spacial score (nSPS) is 12.7. The van der Waals surface area contributed by atoms with E-state index in [0.29, 0.717) is 5.92 Å². The highest BCUT2D eigenvalue weighted by Gasteiger charge is 2.14. The molecule has 0 rings (SSSR count). The molecule has 0 saturated carbocycles. The Morgan fingerprint density at radius 3 is 2.17 bits per heavy atom. The van der Waals surface area contributed by atoms with Gasteiger partial charge in [-0.25, -0.2) is 4.79 Å². The molecule has 0 bridgehead atoms. The summed E-state index contributed by atoms with van der Waals surface area (Å²) in [5.41, 5.74) is 0. The maximum absolute atomic E-state index is 10.6. The zero-order valence-corrected chi connectivity index (χ0v) is 7.63. The molecule has 0 radical (unpaired) electrons. The van der Waals surface area contributed by atoms with Crippen LogP contribution in [0.15, 0.2) is 0 Å². The molecule has 0 heterocycles. The topological polar surface area (TPSA) is 66.4 Å². The highest BCUT2D eigenvalue weighted by Crippen LogP contribution is 2.03. The number of carboxylic acids is 1. The van der Waals surface area contributed by atoms with E-state index in [4.69, 9.17) is 5.11 Å². The van der Waals surface area contributed by atoms with E-state index in [-0.39, 0.29) is 6.04 Å². The van der Waals surface area contributed by atoms with Crippen LogP contribution in [0, 0.1) is 5.92 Å². The van der Waals surface area contributed by atoms with Gasteiger partial charge in [0.25, 0.3) is 0 Å². The first-order chi connectivity index (χ1) is 5.43. The number of amides is 1. The van der Waals surface area contributed by atoms with Gasteiger partial charge in [-0.15, -0.1) is 0 Å². The van der Waals surface area contributed by atoms with Crippen LogP contribution in [0.3, 0.4) is 0 Å². The van der Waals surface area contributed by atoms with Gasteiger partial charge in [0.05, 0.1) is 0 Å². The first-order valence-electron chi connectivity index (χ1n) is 3.97. The lowest BCUT2D eigenvalue weighted by Gasteiger charge is -2.13. The quantitative estimate of drug-likeness (QED) is 0.615. The molecule has 1 amide bonds. The number of aliphatic carboxylic acids is 1. The summed E-state index contributed by atoms with van der Waals surface area (Å²) in [4.78, 5) is 20.7. The number of carbonyl (C=O) groups excluding carboxylic acids is 1. The fraction of sp³-hybridized carbons (Fsp3) is 0.750. The van der Waals surface area contributed by atoms with Gasteiger partial charge in [0.2, 0.25) is 0 Å². The van der Waals surface area contributed by atoms with E-state index in [1.54, 1.807) is 6.92 Å². The van der Waals surface area contributed by atoms with Crippen molar-refractivity contribution in [3.05, 3.63) is 0 Å². The molecule has 0 aliphatic rings. The minimum Gasteiger partial charge on any atom is -0.474 e. The number of rotatable bonds is 3. The number of carbonyl (C=O) groups is 2. The molecule has 12 heavy (non-hydrogen) atoms. The smallest absolute Gasteiger partial charge is 0.394 e. The van der Waals surface area contributed by atoms with Crippen LogP contribution in [0.25, 0.3) is 0 Å². The second kappa shape index (κ2) is 4.74. The summed E-state index contributed by atoms with van der Waals surface area (Å²) < 4.78 is 0. The van der Waals surface area contributed by atoms with Crippen molar-refractivity contribution in [2.45, 2.75) is 33.2 Å². The molecule has 4 nitrogen and oxygen atoms in total. The number of carboxylic acid groups (broad SMARTS) is 1. The van der Waals surface area contributed by atoms with Crippen molar-refractivity contribution in [1.82, 2.24) is 5.32 Å². The average Bonchev–Trinajstić information content (AvgIpc) is 1.84. The molecule has 4 heteroatoms. The van der Waals surface area contributed by atoms with Gasteiger partial charge in [-0.3, -0.25) is 4.79 Å². The summed E-state index contributed by atoms with van der Waals surface area (Å²) in [6, 6.07) is -0.0754. The van der Waals surface area contributed by atoms with Crippen LogP contribution in [-0.2, 0) is 9.59 Å². The fourth-order valence-corrected chi connectivity index (χ4v) is 1.05. The summed E-state index contributed by atoms with van der Waals surface area (Å²) in [5.74, 6) is -1.90. The third-order valence-corrected chi connectivity index (χ3v) is 1.40. The van der Waals surface area contributed by atoms with Gasteiger partial charge in [-0.1, -0.05) is 13.8 Å². The Hall–Kier alpha value is -1.06. The van der Waals surface area contributed by atoms with E-state index in [9.17, 15) is 9.59 Å². The van der Waals surface area contributed by atoms with Crippen molar-refractivity contribution in [3.63, 3.8) is 0 Å². The Morgan fingerprint density at radius 1 is 1.33 bits per heavy atom. The van der Waals surface area contributed by atoms with Crippen LogP contribution in [0.4, 0.5) is 0 Å². The van der Waals surface area contributed by atoms with Crippen LogP contribution < -0.4 is 5.32 Å². The molecule has 0 spiro atoms. The van der Waals surface area contributed by atoms with Gasteiger partial charge in [-0.2, -0.15) is 0 Å². The summed E-state index contributed by atoms with van der Waals surface area (Å²) in [6.07, 6.45) is 0.791. The monoisotopic (exact) mass is 173 g/mol. The van der Waals surface area contributed by atoms with Crippen LogP contribution >= 0.6 is 0 Å². The lowest BCUT2D eigenvalue weighted by Crippen LogP contribution is -2.38. The molecule has 70 valence electrons. The third-order valence-electron chi connectivity index (χ3n) is 1.40. The van der Waals surface area contributed by atoms with Crippen molar-refractivity contribution >= 4 is 11.9 Å². The number of hydrogen-bond acceptors (Lipinski definition) is 2. The first-order valence-corrected chi connectivity index (χ1v) is 3.97. The molecule has 0 aliphatic heterocycles. The molecule has 0 fully saturated rings. The maximum Gasteiger partial charge on any atom is 0.394 e. The van der Waals surface area contributed by atoms with Crippen LogP contribution in [0.5, 0.6) is 0 Å². The first kappa shape index (κ1) is 10.9. The Labute approximate surface area is 72.0 Å². The van der Waals surface area contributed by atoms with Gasteiger partial charge < -0.3 is 10.4 Å². The summed E-state index contributed by atoms with van der Waals surface area (Å²) >= 11 is 0. The lowest BCUT2D eigenvalue weighted by molar-refractivity contribution is -0.150. The second-order valence-electron chi connectivity index (χ2n) is 3.31. The van der Waals surface area contributed by atoms with Crippen molar-refractivity contribution in [2.24, 2.45) is 5.92 Å². The van der Waals surface area contributed by atoms with E-state index in [1.165, 1.54) is 0 Å². The molecule has 1 unspecified atom stereocenters. The minimum absolute atomic E-state index is 0.0754. The third kappa shape index (κ3) is 4.71. The minimum atomic E-state index is -1.43. The average molecular weight is 173 g/mol. The van der Waals surface area contributed by atoms with E-state index in [1.807, 2.05) is 13.8 Å².